The molecule has 0 heterocycles. The van der Waals surface area contributed by atoms with Crippen LogP contribution in [0.3, 0.4) is 0 Å². The highest BCUT2D eigenvalue weighted by atomic mass is 16.5. The second-order valence-electron chi connectivity index (χ2n) is 6.59. The van der Waals surface area contributed by atoms with Gasteiger partial charge >= 0.3 is 5.97 Å². The first-order valence-electron chi connectivity index (χ1n) is 8.25. The lowest BCUT2D eigenvalue weighted by atomic mass is 9.54. The summed E-state index contributed by atoms with van der Waals surface area (Å²) in [5, 5.41) is 2.83. The van der Waals surface area contributed by atoms with E-state index in [-0.39, 0.29) is 18.0 Å². The summed E-state index contributed by atoms with van der Waals surface area (Å²) in [4.78, 5) is 24.3. The number of carbonyl (C=O) groups excluding carboxylic acids is 2. The van der Waals surface area contributed by atoms with Gasteiger partial charge in [-0.25, -0.2) is 4.79 Å². The highest BCUT2D eigenvalue weighted by molar-refractivity contribution is 6.00. The lowest BCUT2D eigenvalue weighted by molar-refractivity contribution is -0.166. The Morgan fingerprint density at radius 2 is 1.83 bits per heavy atom. The minimum Gasteiger partial charge on any atom is -0.462 e. The Kier molecular flexibility index (Phi) is 5.30. The zero-order valence-corrected chi connectivity index (χ0v) is 14.7. The van der Waals surface area contributed by atoms with Crippen LogP contribution >= 0.6 is 0 Å². The highest BCUT2D eigenvalue weighted by Crippen LogP contribution is 2.50. The number of rotatable bonds is 6. The standard InChI is InChI=1S/C18H26N2O4/c1-5-23-14-11-18(19,17(14,3)4)16(22)20-13-9-7-12(8-10-13)15(21)24-6-2/h7-10,14H,5-6,11,19H2,1-4H3,(H,20,22). The fourth-order valence-electron chi connectivity index (χ4n) is 2.97. The summed E-state index contributed by atoms with van der Waals surface area (Å²) in [5.41, 5.74) is 5.95. The van der Waals surface area contributed by atoms with Gasteiger partial charge in [0.1, 0.15) is 5.54 Å². The van der Waals surface area contributed by atoms with Gasteiger partial charge in [-0.1, -0.05) is 13.8 Å². The third-order valence-corrected chi connectivity index (χ3v) is 4.89. The van der Waals surface area contributed by atoms with Crippen molar-refractivity contribution in [1.82, 2.24) is 0 Å². The van der Waals surface area contributed by atoms with Gasteiger partial charge in [-0.3, -0.25) is 4.79 Å². The van der Waals surface area contributed by atoms with Crippen LogP contribution in [0.2, 0.25) is 0 Å². The Morgan fingerprint density at radius 3 is 2.33 bits per heavy atom. The van der Waals surface area contributed by atoms with Gasteiger partial charge in [-0.2, -0.15) is 0 Å². The molecular weight excluding hydrogens is 308 g/mol. The Labute approximate surface area is 142 Å². The van der Waals surface area contributed by atoms with E-state index in [1.54, 1.807) is 31.2 Å². The van der Waals surface area contributed by atoms with Crippen molar-refractivity contribution in [3.63, 3.8) is 0 Å². The van der Waals surface area contributed by atoms with E-state index in [0.29, 0.717) is 30.9 Å². The van der Waals surface area contributed by atoms with Crippen molar-refractivity contribution in [3.05, 3.63) is 29.8 Å². The normalized spacial score (nSPS) is 24.8. The van der Waals surface area contributed by atoms with Gasteiger partial charge in [0.05, 0.1) is 18.3 Å². The van der Waals surface area contributed by atoms with Gasteiger partial charge in [0.15, 0.2) is 0 Å². The summed E-state index contributed by atoms with van der Waals surface area (Å²) >= 11 is 0. The van der Waals surface area contributed by atoms with Gasteiger partial charge < -0.3 is 20.5 Å². The zero-order chi connectivity index (χ0) is 18.0. The molecule has 0 aliphatic heterocycles. The summed E-state index contributed by atoms with van der Waals surface area (Å²) in [5.74, 6) is -0.627. The summed E-state index contributed by atoms with van der Waals surface area (Å²) in [7, 11) is 0. The molecule has 3 N–H and O–H groups in total. The number of ether oxygens (including phenoxy) is 2. The van der Waals surface area contributed by atoms with Crippen molar-refractivity contribution >= 4 is 17.6 Å². The fraction of sp³-hybridized carbons (Fsp3) is 0.556. The van der Waals surface area contributed by atoms with Crippen molar-refractivity contribution in [1.29, 1.82) is 0 Å². The maximum Gasteiger partial charge on any atom is 0.338 e. The number of nitrogens with one attached hydrogen (secondary N) is 1. The molecule has 2 rings (SSSR count). The predicted octanol–water partition coefficient (Wildman–Crippen LogP) is 2.33. The number of nitrogens with two attached hydrogens (primary N) is 1. The minimum atomic E-state index is -0.980. The molecule has 0 saturated heterocycles. The van der Waals surface area contributed by atoms with Crippen LogP contribution in [0, 0.1) is 5.41 Å². The molecule has 0 bridgehead atoms. The Bertz CT molecular complexity index is 612. The second-order valence-corrected chi connectivity index (χ2v) is 6.59. The van der Waals surface area contributed by atoms with Crippen LogP contribution < -0.4 is 11.1 Å². The topological polar surface area (TPSA) is 90.7 Å². The van der Waals surface area contributed by atoms with E-state index in [4.69, 9.17) is 15.2 Å². The summed E-state index contributed by atoms with van der Waals surface area (Å²) in [6.07, 6.45) is 0.463. The number of benzene rings is 1. The Balaban J connectivity index is 2.04. The Morgan fingerprint density at radius 1 is 1.21 bits per heavy atom. The molecular formula is C18H26N2O4. The van der Waals surface area contributed by atoms with E-state index < -0.39 is 11.0 Å². The van der Waals surface area contributed by atoms with Crippen molar-refractivity contribution in [2.45, 2.75) is 45.8 Å². The molecule has 1 aliphatic rings. The van der Waals surface area contributed by atoms with Crippen LogP contribution in [0.1, 0.15) is 44.5 Å². The Hall–Kier alpha value is -1.92. The van der Waals surface area contributed by atoms with E-state index in [1.807, 2.05) is 20.8 Å². The molecule has 6 heteroatoms. The number of hydrogen-bond donors (Lipinski definition) is 2. The summed E-state index contributed by atoms with van der Waals surface area (Å²) < 4.78 is 10.6. The molecule has 1 fully saturated rings. The largest absolute Gasteiger partial charge is 0.462 e. The molecule has 1 amide bonds. The van der Waals surface area contributed by atoms with Crippen molar-refractivity contribution in [2.75, 3.05) is 18.5 Å². The lowest BCUT2D eigenvalue weighted by Gasteiger charge is -2.57. The first-order chi connectivity index (χ1) is 11.3. The molecule has 24 heavy (non-hydrogen) atoms. The molecule has 0 spiro atoms. The molecule has 2 unspecified atom stereocenters. The highest BCUT2D eigenvalue weighted by Gasteiger charge is 2.62. The number of carbonyl (C=O) groups is 2. The number of amides is 1. The molecule has 2 atom stereocenters. The van der Waals surface area contributed by atoms with Crippen LogP contribution in [0.5, 0.6) is 0 Å². The molecule has 0 aromatic heterocycles. The maximum atomic E-state index is 12.6. The predicted molar refractivity (Wildman–Crippen MR) is 91.8 cm³/mol. The van der Waals surface area contributed by atoms with E-state index in [9.17, 15) is 9.59 Å². The third-order valence-electron chi connectivity index (χ3n) is 4.89. The van der Waals surface area contributed by atoms with Crippen LogP contribution in [-0.2, 0) is 14.3 Å². The minimum absolute atomic E-state index is 0.0237. The molecule has 1 aromatic carbocycles. The summed E-state index contributed by atoms with van der Waals surface area (Å²) in [6, 6.07) is 6.57. The van der Waals surface area contributed by atoms with Crippen LogP contribution in [0.15, 0.2) is 24.3 Å². The van der Waals surface area contributed by atoms with Crippen molar-refractivity contribution in [2.24, 2.45) is 11.1 Å². The smallest absolute Gasteiger partial charge is 0.338 e. The number of anilines is 1. The van der Waals surface area contributed by atoms with Gasteiger partial charge in [0.2, 0.25) is 5.91 Å². The maximum absolute atomic E-state index is 12.6. The molecule has 1 aromatic rings. The van der Waals surface area contributed by atoms with E-state index >= 15 is 0 Å². The summed E-state index contributed by atoms with van der Waals surface area (Å²) in [6.45, 7) is 8.49. The van der Waals surface area contributed by atoms with Crippen molar-refractivity contribution in [3.8, 4) is 0 Å². The first-order valence-corrected chi connectivity index (χ1v) is 8.25. The molecule has 6 nitrogen and oxygen atoms in total. The van der Waals surface area contributed by atoms with Gasteiger partial charge in [0.25, 0.3) is 0 Å². The van der Waals surface area contributed by atoms with Crippen LogP contribution in [-0.4, -0.2) is 36.7 Å². The number of hydrogen-bond acceptors (Lipinski definition) is 5. The monoisotopic (exact) mass is 334 g/mol. The molecule has 0 radical (unpaired) electrons. The molecule has 132 valence electrons. The van der Waals surface area contributed by atoms with E-state index in [1.165, 1.54) is 0 Å². The van der Waals surface area contributed by atoms with E-state index in [0.717, 1.165) is 0 Å². The van der Waals surface area contributed by atoms with Gasteiger partial charge in [0, 0.05) is 24.1 Å². The third kappa shape index (κ3) is 3.16. The molecule has 1 aliphatic carbocycles. The fourth-order valence-corrected chi connectivity index (χ4v) is 2.97. The lowest BCUT2D eigenvalue weighted by Crippen LogP contribution is -2.74. The van der Waals surface area contributed by atoms with Crippen LogP contribution in [0.4, 0.5) is 5.69 Å². The SMILES string of the molecule is CCOC(=O)c1ccc(NC(=O)C2(N)CC(OCC)C2(C)C)cc1. The molecule has 1 saturated carbocycles. The van der Waals surface area contributed by atoms with Crippen molar-refractivity contribution < 1.29 is 19.1 Å². The quantitative estimate of drug-likeness (QED) is 0.779. The van der Waals surface area contributed by atoms with Gasteiger partial charge in [-0.05, 0) is 38.1 Å². The first kappa shape index (κ1) is 18.4. The van der Waals surface area contributed by atoms with E-state index in [2.05, 4.69) is 5.32 Å². The zero-order valence-electron chi connectivity index (χ0n) is 14.7. The average Bonchev–Trinajstić information content (AvgIpc) is 2.55. The average molecular weight is 334 g/mol. The van der Waals surface area contributed by atoms with Crippen LogP contribution in [0.25, 0.3) is 0 Å². The second kappa shape index (κ2) is 6.91. The van der Waals surface area contributed by atoms with Gasteiger partial charge in [-0.15, -0.1) is 0 Å². The number of esters is 1.